The average Bonchev–Trinajstić information content (AvgIpc) is 2.10. The van der Waals surface area contributed by atoms with Crippen LogP contribution in [0, 0.1) is 0 Å². The fourth-order valence-electron chi connectivity index (χ4n) is 0.893. The molecule has 0 aliphatic carbocycles. The lowest BCUT2D eigenvalue weighted by molar-refractivity contribution is 0.0496. The van der Waals surface area contributed by atoms with Crippen LogP contribution in [-0.2, 0) is 9.47 Å². The monoisotopic (exact) mass is 190 g/mol. The van der Waals surface area contributed by atoms with Gasteiger partial charge >= 0.3 is 0 Å². The number of nitrogens with two attached hydrogens (primary N) is 1. The molecule has 0 aliphatic rings. The van der Waals surface area contributed by atoms with E-state index in [-0.39, 0.29) is 12.1 Å². The second kappa shape index (κ2) is 8.44. The van der Waals surface area contributed by atoms with Crippen LogP contribution >= 0.6 is 0 Å². The molecule has 0 bridgehead atoms. The summed E-state index contributed by atoms with van der Waals surface area (Å²) in [6, 6.07) is 0.189. The van der Waals surface area contributed by atoms with Crippen molar-refractivity contribution in [2.24, 2.45) is 5.84 Å². The first-order chi connectivity index (χ1) is 6.20. The Morgan fingerprint density at radius 1 is 1.38 bits per heavy atom. The van der Waals surface area contributed by atoms with Crippen molar-refractivity contribution in [2.45, 2.75) is 39.3 Å². The maximum atomic E-state index is 5.43. The van der Waals surface area contributed by atoms with Crippen LogP contribution in [0.15, 0.2) is 0 Å². The van der Waals surface area contributed by atoms with Crippen LogP contribution in [0.3, 0.4) is 0 Å². The minimum absolute atomic E-state index is 0.189. The molecule has 4 heteroatoms. The highest BCUT2D eigenvalue weighted by Crippen LogP contribution is 1.96. The van der Waals surface area contributed by atoms with Crippen molar-refractivity contribution in [1.82, 2.24) is 5.43 Å². The van der Waals surface area contributed by atoms with E-state index in [4.69, 9.17) is 15.3 Å². The number of rotatable bonds is 8. The number of nitrogens with one attached hydrogen (secondary N) is 1. The minimum atomic E-state index is 0.189. The van der Waals surface area contributed by atoms with Crippen molar-refractivity contribution >= 4 is 0 Å². The van der Waals surface area contributed by atoms with E-state index in [0.29, 0.717) is 6.61 Å². The average molecular weight is 190 g/mol. The standard InChI is InChI=1S/C9H22N2O2/c1-4-12-6-5-9(11-10)7-13-8(2)3/h8-9,11H,4-7,10H2,1-3H3. The van der Waals surface area contributed by atoms with Gasteiger partial charge in [0.1, 0.15) is 0 Å². The molecule has 0 fully saturated rings. The van der Waals surface area contributed by atoms with Crippen LogP contribution in [0.1, 0.15) is 27.2 Å². The van der Waals surface area contributed by atoms with Crippen LogP contribution in [0.2, 0.25) is 0 Å². The minimum Gasteiger partial charge on any atom is -0.382 e. The van der Waals surface area contributed by atoms with E-state index in [2.05, 4.69) is 5.43 Å². The summed E-state index contributed by atoms with van der Waals surface area (Å²) in [5, 5.41) is 0. The highest BCUT2D eigenvalue weighted by Gasteiger charge is 2.07. The van der Waals surface area contributed by atoms with Crippen LogP contribution in [0.5, 0.6) is 0 Å². The smallest absolute Gasteiger partial charge is 0.0637 e. The molecule has 1 atom stereocenters. The first-order valence-corrected chi connectivity index (χ1v) is 4.86. The lowest BCUT2D eigenvalue weighted by Crippen LogP contribution is -2.40. The van der Waals surface area contributed by atoms with Crippen molar-refractivity contribution in [1.29, 1.82) is 0 Å². The molecule has 1 unspecified atom stereocenters. The van der Waals surface area contributed by atoms with Gasteiger partial charge in [-0.3, -0.25) is 11.3 Å². The highest BCUT2D eigenvalue weighted by atomic mass is 16.5. The van der Waals surface area contributed by atoms with Gasteiger partial charge in [0.25, 0.3) is 0 Å². The lowest BCUT2D eigenvalue weighted by atomic mass is 10.2. The highest BCUT2D eigenvalue weighted by molar-refractivity contribution is 4.62. The Morgan fingerprint density at radius 3 is 2.54 bits per heavy atom. The summed E-state index contributed by atoms with van der Waals surface area (Å²) in [5.74, 6) is 5.36. The normalized spacial score (nSPS) is 13.6. The van der Waals surface area contributed by atoms with Crippen molar-refractivity contribution in [3.05, 3.63) is 0 Å². The van der Waals surface area contributed by atoms with E-state index in [1.54, 1.807) is 0 Å². The zero-order valence-corrected chi connectivity index (χ0v) is 8.88. The lowest BCUT2D eigenvalue weighted by Gasteiger charge is -2.17. The molecule has 3 N–H and O–H groups in total. The number of hydrazine groups is 1. The largest absolute Gasteiger partial charge is 0.382 e. The van der Waals surface area contributed by atoms with Gasteiger partial charge in [-0.15, -0.1) is 0 Å². The van der Waals surface area contributed by atoms with Crippen molar-refractivity contribution in [2.75, 3.05) is 19.8 Å². The van der Waals surface area contributed by atoms with Crippen molar-refractivity contribution in [3.8, 4) is 0 Å². The van der Waals surface area contributed by atoms with Gasteiger partial charge < -0.3 is 9.47 Å². The second-order valence-electron chi connectivity index (χ2n) is 3.23. The molecule has 0 aromatic rings. The van der Waals surface area contributed by atoms with Gasteiger partial charge in [0.2, 0.25) is 0 Å². The van der Waals surface area contributed by atoms with Gasteiger partial charge in [0.05, 0.1) is 12.7 Å². The molecule has 80 valence electrons. The SMILES string of the molecule is CCOCCC(COC(C)C)NN. The van der Waals surface area contributed by atoms with Gasteiger partial charge in [-0.05, 0) is 27.2 Å². The fourth-order valence-corrected chi connectivity index (χ4v) is 0.893. The molecule has 0 rings (SSSR count). The third kappa shape index (κ3) is 8.18. The number of hydrogen-bond donors (Lipinski definition) is 2. The van der Waals surface area contributed by atoms with E-state index in [0.717, 1.165) is 19.6 Å². The van der Waals surface area contributed by atoms with Gasteiger partial charge in [0, 0.05) is 19.3 Å². The Balaban J connectivity index is 3.39. The first kappa shape index (κ1) is 12.8. The molecule has 0 radical (unpaired) electrons. The Morgan fingerprint density at radius 2 is 2.08 bits per heavy atom. The van der Waals surface area contributed by atoms with Crippen LogP contribution in [0.25, 0.3) is 0 Å². The molecule has 0 aliphatic heterocycles. The zero-order chi connectivity index (χ0) is 10.1. The van der Waals surface area contributed by atoms with E-state index >= 15 is 0 Å². The summed E-state index contributed by atoms with van der Waals surface area (Å²) < 4.78 is 10.6. The van der Waals surface area contributed by atoms with Crippen molar-refractivity contribution < 1.29 is 9.47 Å². The molecule has 0 saturated heterocycles. The molecule has 4 nitrogen and oxygen atoms in total. The number of hydrogen-bond acceptors (Lipinski definition) is 4. The van der Waals surface area contributed by atoms with E-state index in [9.17, 15) is 0 Å². The first-order valence-electron chi connectivity index (χ1n) is 4.86. The molecule has 0 heterocycles. The van der Waals surface area contributed by atoms with Gasteiger partial charge in [-0.2, -0.15) is 0 Å². The summed E-state index contributed by atoms with van der Waals surface area (Å²) in [6.07, 6.45) is 1.14. The summed E-state index contributed by atoms with van der Waals surface area (Å²) in [6.45, 7) is 8.12. The van der Waals surface area contributed by atoms with Crippen LogP contribution in [0.4, 0.5) is 0 Å². The van der Waals surface area contributed by atoms with E-state index in [1.165, 1.54) is 0 Å². The molecule has 0 aromatic carbocycles. The topological polar surface area (TPSA) is 56.5 Å². The van der Waals surface area contributed by atoms with Crippen LogP contribution < -0.4 is 11.3 Å². The summed E-state index contributed by atoms with van der Waals surface area (Å²) in [7, 11) is 0. The molecule has 13 heavy (non-hydrogen) atoms. The van der Waals surface area contributed by atoms with Gasteiger partial charge in [-0.25, -0.2) is 0 Å². The molecule has 0 amide bonds. The Hall–Kier alpha value is -0.160. The molecule has 0 spiro atoms. The summed E-state index contributed by atoms with van der Waals surface area (Å²) in [4.78, 5) is 0. The predicted octanol–water partition coefficient (Wildman–Crippen LogP) is 0.670. The molecular formula is C9H22N2O2. The van der Waals surface area contributed by atoms with E-state index < -0.39 is 0 Å². The maximum Gasteiger partial charge on any atom is 0.0637 e. The van der Waals surface area contributed by atoms with Crippen LogP contribution in [-0.4, -0.2) is 32.0 Å². The maximum absolute atomic E-state index is 5.43. The predicted molar refractivity (Wildman–Crippen MR) is 53.3 cm³/mol. The molecule has 0 aromatic heterocycles. The van der Waals surface area contributed by atoms with E-state index in [1.807, 2.05) is 20.8 Å². The Labute approximate surface area is 80.7 Å². The van der Waals surface area contributed by atoms with Gasteiger partial charge in [-0.1, -0.05) is 0 Å². The number of ether oxygens (including phenoxy) is 2. The van der Waals surface area contributed by atoms with Gasteiger partial charge in [0.15, 0.2) is 0 Å². The second-order valence-corrected chi connectivity index (χ2v) is 3.23. The third-order valence-corrected chi connectivity index (χ3v) is 1.68. The quantitative estimate of drug-likeness (QED) is 0.335. The molecule has 0 saturated carbocycles. The summed E-state index contributed by atoms with van der Waals surface area (Å²) >= 11 is 0. The van der Waals surface area contributed by atoms with Crippen molar-refractivity contribution in [3.63, 3.8) is 0 Å². The Bertz CT molecular complexity index is 110. The fraction of sp³-hybridized carbons (Fsp3) is 1.00. The summed E-state index contributed by atoms with van der Waals surface area (Å²) in [5.41, 5.74) is 2.71. The molecular weight excluding hydrogens is 168 g/mol. The Kier molecular flexibility index (Phi) is 8.33. The zero-order valence-electron chi connectivity index (χ0n) is 8.88. The third-order valence-electron chi connectivity index (χ3n) is 1.68.